The van der Waals surface area contributed by atoms with Crippen LogP contribution >= 0.6 is 0 Å². The Morgan fingerprint density at radius 1 is 1.00 bits per heavy atom. The summed E-state index contributed by atoms with van der Waals surface area (Å²) in [6.07, 6.45) is 8.89. The minimum atomic E-state index is -0.634. The summed E-state index contributed by atoms with van der Waals surface area (Å²) in [4.78, 5) is 19.1. The zero-order valence-corrected chi connectivity index (χ0v) is 16.0. The smallest absolute Gasteiger partial charge is 0.303 e. The Morgan fingerprint density at radius 2 is 1.72 bits per heavy atom. The molecule has 0 spiro atoms. The number of piperidine rings is 2. The van der Waals surface area contributed by atoms with E-state index in [1.54, 1.807) is 0 Å². The zero-order valence-electron chi connectivity index (χ0n) is 16.0. The largest absolute Gasteiger partial charge is 0.481 e. The van der Waals surface area contributed by atoms with Crippen LogP contribution in [0.1, 0.15) is 58.3 Å². The van der Waals surface area contributed by atoms with Crippen LogP contribution in [0.2, 0.25) is 0 Å². The second-order valence-corrected chi connectivity index (χ2v) is 8.36. The van der Waals surface area contributed by atoms with E-state index in [0.29, 0.717) is 18.4 Å². The van der Waals surface area contributed by atoms with Gasteiger partial charge in [-0.05, 0) is 90.1 Å². The van der Waals surface area contributed by atoms with Gasteiger partial charge in [0.25, 0.3) is 0 Å². The van der Waals surface area contributed by atoms with Crippen LogP contribution in [0.15, 0.2) is 0 Å². The van der Waals surface area contributed by atoms with E-state index in [-0.39, 0.29) is 0 Å². The Balaban J connectivity index is 1.55. The highest BCUT2D eigenvalue weighted by Gasteiger charge is 2.37. The van der Waals surface area contributed by atoms with Gasteiger partial charge in [-0.1, -0.05) is 6.92 Å². The Kier molecular flexibility index (Phi) is 7.14. The molecule has 0 unspecified atom stereocenters. The van der Waals surface area contributed by atoms with E-state index in [1.807, 2.05) is 0 Å². The van der Waals surface area contributed by atoms with E-state index in [9.17, 15) is 4.79 Å². The van der Waals surface area contributed by atoms with Gasteiger partial charge in [-0.25, -0.2) is 0 Å². The molecule has 0 aliphatic carbocycles. The van der Waals surface area contributed by atoms with Crippen LogP contribution in [0.3, 0.4) is 0 Å². The molecule has 5 heteroatoms. The number of carbonyl (C=O) groups is 1. The molecular formula is C20H37N3O2. The van der Waals surface area contributed by atoms with Crippen LogP contribution in [0, 0.1) is 5.92 Å². The number of aliphatic carboxylic acids is 1. The molecule has 3 aliphatic heterocycles. The van der Waals surface area contributed by atoms with Gasteiger partial charge < -0.3 is 14.9 Å². The summed E-state index contributed by atoms with van der Waals surface area (Å²) in [7, 11) is 0. The van der Waals surface area contributed by atoms with Crippen molar-refractivity contribution in [3.63, 3.8) is 0 Å². The highest BCUT2D eigenvalue weighted by Crippen LogP contribution is 2.31. The van der Waals surface area contributed by atoms with Gasteiger partial charge in [-0.15, -0.1) is 0 Å². The molecule has 25 heavy (non-hydrogen) atoms. The van der Waals surface area contributed by atoms with Crippen molar-refractivity contribution in [2.24, 2.45) is 5.92 Å². The van der Waals surface area contributed by atoms with Crippen LogP contribution in [0.4, 0.5) is 0 Å². The second kappa shape index (κ2) is 9.33. The highest BCUT2D eigenvalue weighted by atomic mass is 16.4. The first-order chi connectivity index (χ1) is 12.2. The summed E-state index contributed by atoms with van der Waals surface area (Å²) >= 11 is 0. The van der Waals surface area contributed by atoms with Gasteiger partial charge in [0.05, 0.1) is 0 Å². The van der Waals surface area contributed by atoms with Gasteiger partial charge >= 0.3 is 5.97 Å². The Morgan fingerprint density at radius 3 is 2.36 bits per heavy atom. The number of hydrogen-bond donors (Lipinski definition) is 1. The molecule has 3 saturated heterocycles. The summed E-state index contributed by atoms with van der Waals surface area (Å²) in [5.41, 5.74) is 0. The molecule has 0 aromatic carbocycles. The van der Waals surface area contributed by atoms with E-state index in [2.05, 4.69) is 21.6 Å². The maximum atomic E-state index is 11.1. The third-order valence-corrected chi connectivity index (χ3v) is 6.68. The number of carboxylic acids is 1. The molecule has 2 atom stereocenters. The number of carboxylic acid groups (broad SMARTS) is 1. The maximum Gasteiger partial charge on any atom is 0.303 e. The Labute approximate surface area is 153 Å². The average molecular weight is 352 g/mol. The molecule has 1 N–H and O–H groups in total. The van der Waals surface area contributed by atoms with Crippen LogP contribution in [0.25, 0.3) is 0 Å². The van der Waals surface area contributed by atoms with Crippen molar-refractivity contribution in [2.75, 3.05) is 45.8 Å². The van der Waals surface area contributed by atoms with Gasteiger partial charge in [0, 0.05) is 25.0 Å². The van der Waals surface area contributed by atoms with Crippen molar-refractivity contribution in [1.82, 2.24) is 14.7 Å². The van der Waals surface area contributed by atoms with Crippen molar-refractivity contribution in [3.8, 4) is 0 Å². The van der Waals surface area contributed by atoms with Gasteiger partial charge in [-0.2, -0.15) is 0 Å². The van der Waals surface area contributed by atoms with Crippen LogP contribution in [-0.4, -0.2) is 83.7 Å². The standard InChI is InChI=1S/C20H37N3O2/c1-2-10-21-13-7-18(8-14-21)23-15-9-19(22-11-3-4-12-22)17(16-23)5-6-20(24)25/h17-19H,2-16H2,1H3,(H,24,25)/t17-,19+/m0/s1. The first-order valence-electron chi connectivity index (χ1n) is 10.6. The van der Waals surface area contributed by atoms with Crippen LogP contribution in [-0.2, 0) is 4.79 Å². The lowest BCUT2D eigenvalue weighted by atomic mass is 9.85. The lowest BCUT2D eigenvalue weighted by molar-refractivity contribution is -0.137. The predicted octanol–water partition coefficient (Wildman–Crippen LogP) is 2.51. The highest BCUT2D eigenvalue weighted by molar-refractivity contribution is 5.66. The normalized spacial score (nSPS) is 30.8. The van der Waals surface area contributed by atoms with Gasteiger partial charge in [0.15, 0.2) is 0 Å². The summed E-state index contributed by atoms with van der Waals surface area (Å²) in [6.45, 7) is 10.8. The minimum Gasteiger partial charge on any atom is -0.481 e. The van der Waals surface area contributed by atoms with Crippen molar-refractivity contribution in [2.45, 2.75) is 70.4 Å². The molecule has 3 heterocycles. The molecular weight excluding hydrogens is 314 g/mol. The molecule has 0 amide bonds. The summed E-state index contributed by atoms with van der Waals surface area (Å²) in [6, 6.07) is 1.35. The molecule has 0 bridgehead atoms. The monoisotopic (exact) mass is 351 g/mol. The summed E-state index contributed by atoms with van der Waals surface area (Å²) in [5, 5.41) is 9.16. The van der Waals surface area contributed by atoms with Crippen molar-refractivity contribution in [1.29, 1.82) is 0 Å². The number of rotatable bonds is 7. The van der Waals surface area contributed by atoms with Crippen molar-refractivity contribution in [3.05, 3.63) is 0 Å². The van der Waals surface area contributed by atoms with E-state index in [0.717, 1.165) is 19.0 Å². The number of likely N-dealkylation sites (tertiary alicyclic amines) is 3. The quantitative estimate of drug-likeness (QED) is 0.764. The van der Waals surface area contributed by atoms with E-state index >= 15 is 0 Å². The zero-order chi connectivity index (χ0) is 17.6. The maximum absolute atomic E-state index is 11.1. The molecule has 0 aromatic rings. The molecule has 0 radical (unpaired) electrons. The fourth-order valence-electron chi connectivity index (χ4n) is 5.35. The minimum absolute atomic E-state index is 0.331. The number of hydrogen-bond acceptors (Lipinski definition) is 4. The molecule has 3 fully saturated rings. The lowest BCUT2D eigenvalue weighted by Gasteiger charge is -2.47. The van der Waals surface area contributed by atoms with E-state index < -0.39 is 5.97 Å². The number of nitrogens with zero attached hydrogens (tertiary/aromatic N) is 3. The van der Waals surface area contributed by atoms with E-state index in [1.165, 1.54) is 77.8 Å². The molecule has 144 valence electrons. The van der Waals surface area contributed by atoms with Crippen molar-refractivity contribution < 1.29 is 9.90 Å². The topological polar surface area (TPSA) is 47.0 Å². The van der Waals surface area contributed by atoms with Crippen molar-refractivity contribution >= 4 is 5.97 Å². The summed E-state index contributed by atoms with van der Waals surface area (Å²) in [5.74, 6) is -0.0956. The van der Waals surface area contributed by atoms with Gasteiger partial charge in [0.1, 0.15) is 0 Å². The van der Waals surface area contributed by atoms with Gasteiger partial charge in [-0.3, -0.25) is 9.69 Å². The molecule has 5 nitrogen and oxygen atoms in total. The predicted molar refractivity (Wildman–Crippen MR) is 101 cm³/mol. The first-order valence-corrected chi connectivity index (χ1v) is 10.6. The molecule has 3 aliphatic rings. The Hall–Kier alpha value is -0.650. The SMILES string of the molecule is CCCN1CCC(N2CC[C@@H](N3CCCC3)[C@@H](CCC(=O)O)C2)CC1. The summed E-state index contributed by atoms with van der Waals surface area (Å²) < 4.78 is 0. The average Bonchev–Trinajstić information content (AvgIpc) is 3.15. The van der Waals surface area contributed by atoms with Crippen LogP contribution in [0.5, 0.6) is 0 Å². The lowest BCUT2D eigenvalue weighted by Crippen LogP contribution is -2.55. The molecule has 0 aromatic heterocycles. The third kappa shape index (κ3) is 5.18. The van der Waals surface area contributed by atoms with Crippen LogP contribution < -0.4 is 0 Å². The first kappa shape index (κ1) is 19.1. The van der Waals surface area contributed by atoms with Gasteiger partial charge in [0.2, 0.25) is 0 Å². The third-order valence-electron chi connectivity index (χ3n) is 6.68. The molecule has 0 saturated carbocycles. The second-order valence-electron chi connectivity index (χ2n) is 8.36. The molecule has 3 rings (SSSR count). The fraction of sp³-hybridized carbons (Fsp3) is 0.950. The fourth-order valence-corrected chi connectivity index (χ4v) is 5.35. The van der Waals surface area contributed by atoms with E-state index in [4.69, 9.17) is 5.11 Å². The Bertz CT molecular complexity index is 417.